The number of benzene rings is 2. The molecule has 0 bridgehead atoms. The van der Waals surface area contributed by atoms with E-state index in [0.717, 1.165) is 35.2 Å². The molecule has 1 aromatic heterocycles. The molecule has 0 spiro atoms. The molecule has 1 fully saturated rings. The number of amides is 1. The van der Waals surface area contributed by atoms with Gasteiger partial charge in [0.1, 0.15) is 16.0 Å². The number of pyridine rings is 1. The number of carbonyl (C=O) groups excluding carboxylic acids is 1. The second-order valence-corrected chi connectivity index (χ2v) is 8.50. The fraction of sp³-hybridized carbons (Fsp3) is 0.250. The van der Waals surface area contributed by atoms with Crippen molar-refractivity contribution in [1.82, 2.24) is 9.88 Å². The smallest absolute Gasteiger partial charge is 0.210 e. The summed E-state index contributed by atoms with van der Waals surface area (Å²) in [7, 11) is 0. The average Bonchev–Trinajstić information content (AvgIpc) is 2.78. The van der Waals surface area contributed by atoms with Crippen molar-refractivity contribution in [3.05, 3.63) is 87.4 Å². The van der Waals surface area contributed by atoms with Gasteiger partial charge in [-0.15, -0.1) is 0 Å². The molecule has 2 heterocycles. The van der Waals surface area contributed by atoms with E-state index in [4.69, 9.17) is 23.2 Å². The van der Waals surface area contributed by atoms with Gasteiger partial charge in [0.15, 0.2) is 0 Å². The maximum absolute atomic E-state index is 13.4. The fourth-order valence-electron chi connectivity index (χ4n) is 4.16. The van der Waals surface area contributed by atoms with Crippen LogP contribution in [0.5, 0.6) is 0 Å². The van der Waals surface area contributed by atoms with Crippen LogP contribution >= 0.6 is 23.2 Å². The number of halogens is 3. The number of rotatable bonds is 5. The number of para-hydroxylation sites is 1. The molecule has 3 aromatic rings. The Hall–Kier alpha value is -2.63. The van der Waals surface area contributed by atoms with Crippen molar-refractivity contribution in [3.8, 4) is 0 Å². The largest absolute Gasteiger partial charge is 0.354 e. The standard InChI is InChI=1S/C24H22Cl2FN3O/c1-15-4-2-3-5-20(15)29-23-19(13-28-24(26)22(23)25)21-12-17(10-11-30(21)14-31)16-6-8-18(27)9-7-16/h2-9,13-14,17,21H,10-12H2,1H3,(H,28,29). The summed E-state index contributed by atoms with van der Waals surface area (Å²) in [5, 5.41) is 3.92. The Kier molecular flexibility index (Phi) is 6.44. The Morgan fingerprint density at radius 2 is 1.90 bits per heavy atom. The van der Waals surface area contributed by atoms with Crippen molar-refractivity contribution in [1.29, 1.82) is 0 Å². The van der Waals surface area contributed by atoms with E-state index in [2.05, 4.69) is 10.3 Å². The topological polar surface area (TPSA) is 45.2 Å². The molecule has 2 unspecified atom stereocenters. The lowest BCUT2D eigenvalue weighted by Gasteiger charge is -2.38. The predicted octanol–water partition coefficient (Wildman–Crippen LogP) is 6.66. The second kappa shape index (κ2) is 9.25. The number of hydrogen-bond donors (Lipinski definition) is 1. The first-order valence-corrected chi connectivity index (χ1v) is 10.9. The van der Waals surface area contributed by atoms with Gasteiger partial charge in [0.2, 0.25) is 6.41 Å². The van der Waals surface area contributed by atoms with Gasteiger partial charge in [-0.25, -0.2) is 9.37 Å². The van der Waals surface area contributed by atoms with Crippen LogP contribution in [0.1, 0.15) is 41.5 Å². The number of piperidine rings is 1. The van der Waals surface area contributed by atoms with Crippen LogP contribution in [0, 0.1) is 12.7 Å². The lowest BCUT2D eigenvalue weighted by atomic mass is 9.83. The molecule has 1 aliphatic rings. The molecule has 160 valence electrons. The van der Waals surface area contributed by atoms with Gasteiger partial charge in [-0.3, -0.25) is 4.79 Å². The van der Waals surface area contributed by atoms with Crippen LogP contribution in [0.4, 0.5) is 15.8 Å². The molecular formula is C24H22Cl2FN3O. The van der Waals surface area contributed by atoms with Gasteiger partial charge < -0.3 is 10.2 Å². The molecule has 4 nitrogen and oxygen atoms in total. The third-order valence-corrected chi connectivity index (χ3v) is 6.64. The number of anilines is 2. The molecular weight excluding hydrogens is 436 g/mol. The Balaban J connectivity index is 1.73. The van der Waals surface area contributed by atoms with E-state index in [1.807, 2.05) is 43.3 Å². The van der Waals surface area contributed by atoms with Crippen molar-refractivity contribution in [2.75, 3.05) is 11.9 Å². The van der Waals surface area contributed by atoms with E-state index in [-0.39, 0.29) is 22.9 Å². The number of nitrogens with zero attached hydrogens (tertiary/aromatic N) is 2. The Morgan fingerprint density at radius 3 is 2.61 bits per heavy atom. The molecule has 7 heteroatoms. The normalized spacial score (nSPS) is 18.6. The first kappa shape index (κ1) is 21.6. The first-order valence-electron chi connectivity index (χ1n) is 10.1. The number of aryl methyl sites for hydroxylation is 1. The predicted molar refractivity (Wildman–Crippen MR) is 123 cm³/mol. The molecule has 2 atom stereocenters. The van der Waals surface area contributed by atoms with Gasteiger partial charge >= 0.3 is 0 Å². The van der Waals surface area contributed by atoms with Gasteiger partial charge in [0.25, 0.3) is 0 Å². The molecule has 4 rings (SSSR count). The minimum absolute atomic E-state index is 0.183. The van der Waals surface area contributed by atoms with Crippen LogP contribution < -0.4 is 5.32 Å². The van der Waals surface area contributed by atoms with E-state index < -0.39 is 0 Å². The van der Waals surface area contributed by atoms with Crippen LogP contribution in [0.2, 0.25) is 10.2 Å². The van der Waals surface area contributed by atoms with Crippen LogP contribution in [-0.4, -0.2) is 22.8 Å². The van der Waals surface area contributed by atoms with Crippen molar-refractivity contribution >= 4 is 41.0 Å². The average molecular weight is 458 g/mol. The molecule has 1 saturated heterocycles. The lowest BCUT2D eigenvalue weighted by Crippen LogP contribution is -2.35. The first-order chi connectivity index (χ1) is 15.0. The van der Waals surface area contributed by atoms with Crippen LogP contribution in [0.3, 0.4) is 0 Å². The highest BCUT2D eigenvalue weighted by atomic mass is 35.5. The Bertz CT molecular complexity index is 1090. The number of aromatic nitrogens is 1. The summed E-state index contributed by atoms with van der Waals surface area (Å²) in [5.41, 5.74) is 4.46. The summed E-state index contributed by atoms with van der Waals surface area (Å²) in [6, 6.07) is 14.2. The fourth-order valence-corrected chi connectivity index (χ4v) is 4.51. The summed E-state index contributed by atoms with van der Waals surface area (Å²) in [6.07, 6.45) is 4.03. The zero-order valence-corrected chi connectivity index (χ0v) is 18.5. The zero-order chi connectivity index (χ0) is 22.0. The third kappa shape index (κ3) is 4.53. The van der Waals surface area contributed by atoms with E-state index in [0.29, 0.717) is 23.7 Å². The molecule has 0 saturated carbocycles. The highest BCUT2D eigenvalue weighted by Gasteiger charge is 2.32. The SMILES string of the molecule is Cc1ccccc1Nc1c(C2CC(c3ccc(F)cc3)CCN2C=O)cnc(Cl)c1Cl. The Labute approximate surface area is 191 Å². The number of hydrogen-bond acceptors (Lipinski definition) is 3. The summed E-state index contributed by atoms with van der Waals surface area (Å²) < 4.78 is 13.4. The molecule has 1 amide bonds. The monoisotopic (exact) mass is 457 g/mol. The third-order valence-electron chi connectivity index (χ3n) is 5.89. The maximum Gasteiger partial charge on any atom is 0.210 e. The van der Waals surface area contributed by atoms with Crippen molar-refractivity contribution in [2.24, 2.45) is 0 Å². The molecule has 0 aliphatic carbocycles. The van der Waals surface area contributed by atoms with E-state index in [1.54, 1.807) is 11.1 Å². The second-order valence-electron chi connectivity index (χ2n) is 7.77. The van der Waals surface area contributed by atoms with Crippen LogP contribution in [0.15, 0.2) is 54.7 Å². The van der Waals surface area contributed by atoms with Gasteiger partial charge in [-0.1, -0.05) is 53.5 Å². The summed E-state index contributed by atoms with van der Waals surface area (Å²) in [4.78, 5) is 17.9. The number of nitrogens with one attached hydrogen (secondary N) is 1. The molecule has 31 heavy (non-hydrogen) atoms. The Morgan fingerprint density at radius 1 is 1.16 bits per heavy atom. The number of likely N-dealkylation sites (tertiary alicyclic amines) is 1. The van der Waals surface area contributed by atoms with Gasteiger partial charge in [-0.2, -0.15) is 0 Å². The minimum Gasteiger partial charge on any atom is -0.354 e. The van der Waals surface area contributed by atoms with Gasteiger partial charge in [-0.05, 0) is 55.0 Å². The lowest BCUT2D eigenvalue weighted by molar-refractivity contribution is -0.121. The maximum atomic E-state index is 13.4. The minimum atomic E-state index is -0.260. The van der Waals surface area contributed by atoms with E-state index in [1.165, 1.54) is 12.1 Å². The summed E-state index contributed by atoms with van der Waals surface area (Å²) >= 11 is 12.8. The van der Waals surface area contributed by atoms with Crippen molar-refractivity contribution in [2.45, 2.75) is 31.7 Å². The molecule has 0 radical (unpaired) electrons. The quantitative estimate of drug-likeness (QED) is 0.344. The highest BCUT2D eigenvalue weighted by molar-refractivity contribution is 6.43. The molecule has 2 aromatic carbocycles. The van der Waals surface area contributed by atoms with Crippen molar-refractivity contribution in [3.63, 3.8) is 0 Å². The van der Waals surface area contributed by atoms with E-state index >= 15 is 0 Å². The summed E-state index contributed by atoms with van der Waals surface area (Å²) in [6.45, 7) is 2.59. The molecule has 1 N–H and O–H groups in total. The van der Waals surface area contributed by atoms with E-state index in [9.17, 15) is 9.18 Å². The van der Waals surface area contributed by atoms with Crippen LogP contribution in [-0.2, 0) is 4.79 Å². The van der Waals surface area contributed by atoms with Gasteiger partial charge in [0, 0.05) is 24.0 Å². The number of carbonyl (C=O) groups is 1. The van der Waals surface area contributed by atoms with Crippen LogP contribution in [0.25, 0.3) is 0 Å². The highest BCUT2D eigenvalue weighted by Crippen LogP contribution is 2.44. The van der Waals surface area contributed by atoms with Crippen molar-refractivity contribution < 1.29 is 9.18 Å². The van der Waals surface area contributed by atoms with Gasteiger partial charge in [0.05, 0.1) is 11.7 Å². The zero-order valence-electron chi connectivity index (χ0n) is 17.0. The molecule has 1 aliphatic heterocycles. The summed E-state index contributed by atoms with van der Waals surface area (Å²) in [5.74, 6) is -0.0772.